The lowest BCUT2D eigenvalue weighted by Crippen LogP contribution is -2.46. The van der Waals surface area contributed by atoms with E-state index in [1.807, 2.05) is 0 Å². The number of H-pyrrole nitrogens is 1. The summed E-state index contributed by atoms with van der Waals surface area (Å²) in [6.45, 7) is 2.06. The fraction of sp³-hybridized carbons (Fsp3) is 0.538. The normalized spacial score (nSPS) is 11.7. The smallest absolute Gasteiger partial charge is 0.367 e. The lowest BCUT2D eigenvalue weighted by Gasteiger charge is -2.31. The van der Waals surface area contributed by atoms with Crippen LogP contribution in [0.25, 0.3) is 0 Å². The van der Waals surface area contributed by atoms with Crippen LogP contribution in [0, 0.1) is 0 Å². The number of carbonyl (C=O) groups is 1. The molecule has 0 atom stereocenters. The molecule has 0 unspecified atom stereocenters. The molecule has 0 aliphatic heterocycles. The number of carbonyl (C=O) groups excluding carboxylic acids is 1. The zero-order valence-electron chi connectivity index (χ0n) is 11.3. The van der Waals surface area contributed by atoms with E-state index in [2.05, 4.69) is 4.98 Å². The molecule has 0 aliphatic rings. The lowest BCUT2D eigenvalue weighted by atomic mass is 10.1. The fourth-order valence-electron chi connectivity index (χ4n) is 2.03. The molecule has 1 rings (SSSR count). The number of alkyl halides is 3. The zero-order valence-corrected chi connectivity index (χ0v) is 11.3. The number of amides is 1. The van der Waals surface area contributed by atoms with Gasteiger partial charge in [0, 0.05) is 24.5 Å². The van der Waals surface area contributed by atoms with Gasteiger partial charge in [-0.15, -0.1) is 0 Å². The molecule has 112 valence electrons. The second kappa shape index (κ2) is 6.58. The zero-order chi connectivity index (χ0) is 15.3. The first-order valence-electron chi connectivity index (χ1n) is 6.35. The molecule has 0 saturated carbocycles. The number of aromatic nitrogens is 1. The van der Waals surface area contributed by atoms with Crippen molar-refractivity contribution in [2.24, 2.45) is 0 Å². The summed E-state index contributed by atoms with van der Waals surface area (Å²) in [4.78, 5) is 27.1. The summed E-state index contributed by atoms with van der Waals surface area (Å²) in [6.07, 6.45) is -1.26. The maximum atomic E-state index is 12.6. The molecule has 4 nitrogen and oxygen atoms in total. The molecule has 0 spiro atoms. The minimum absolute atomic E-state index is 0.274. The second-order valence-electron chi connectivity index (χ2n) is 4.44. The first kappa shape index (κ1) is 16.3. The average molecular weight is 290 g/mol. The summed E-state index contributed by atoms with van der Waals surface area (Å²) in [5, 5.41) is 0. The van der Waals surface area contributed by atoms with E-state index < -0.39 is 30.1 Å². The monoisotopic (exact) mass is 290 g/mol. The van der Waals surface area contributed by atoms with E-state index in [0.29, 0.717) is 12.8 Å². The molecule has 0 bridgehead atoms. The Morgan fingerprint density at radius 1 is 1.35 bits per heavy atom. The van der Waals surface area contributed by atoms with E-state index in [1.54, 1.807) is 13.8 Å². The maximum absolute atomic E-state index is 12.6. The van der Waals surface area contributed by atoms with Crippen molar-refractivity contribution in [2.75, 3.05) is 6.54 Å². The van der Waals surface area contributed by atoms with Crippen molar-refractivity contribution in [3.05, 3.63) is 34.2 Å². The molecule has 0 radical (unpaired) electrons. The van der Waals surface area contributed by atoms with Crippen molar-refractivity contribution < 1.29 is 18.0 Å². The molecule has 1 heterocycles. The predicted molar refractivity (Wildman–Crippen MR) is 68.5 cm³/mol. The van der Waals surface area contributed by atoms with Gasteiger partial charge < -0.3 is 9.88 Å². The number of halogens is 3. The molecule has 1 N–H and O–H groups in total. The highest BCUT2D eigenvalue weighted by atomic mass is 19.4. The third kappa shape index (κ3) is 4.11. The number of hydrogen-bond donors (Lipinski definition) is 1. The van der Waals surface area contributed by atoms with Crippen molar-refractivity contribution in [1.29, 1.82) is 0 Å². The van der Waals surface area contributed by atoms with Crippen LogP contribution < -0.4 is 5.43 Å². The van der Waals surface area contributed by atoms with Crippen LogP contribution in [0.15, 0.2) is 23.3 Å². The molecule has 0 aromatic carbocycles. The van der Waals surface area contributed by atoms with Crippen LogP contribution in [0.3, 0.4) is 0 Å². The van der Waals surface area contributed by atoms with Gasteiger partial charge in [0.05, 0.1) is 0 Å². The summed E-state index contributed by atoms with van der Waals surface area (Å²) < 4.78 is 37.9. The van der Waals surface area contributed by atoms with E-state index in [4.69, 9.17) is 0 Å². The minimum Gasteiger partial charge on any atom is -0.367 e. The Balaban J connectivity index is 3.13. The van der Waals surface area contributed by atoms with Crippen LogP contribution in [0.1, 0.15) is 37.0 Å². The largest absolute Gasteiger partial charge is 0.406 e. The maximum Gasteiger partial charge on any atom is 0.406 e. The molecular formula is C13H17F3N2O2. The highest BCUT2D eigenvalue weighted by Gasteiger charge is 2.36. The molecule has 1 amide bonds. The Kier molecular flexibility index (Phi) is 5.35. The molecule has 0 fully saturated rings. The van der Waals surface area contributed by atoms with E-state index in [9.17, 15) is 22.8 Å². The Morgan fingerprint density at radius 2 is 1.95 bits per heavy atom. The van der Waals surface area contributed by atoms with Gasteiger partial charge in [0.15, 0.2) is 5.43 Å². The number of pyridine rings is 1. The lowest BCUT2D eigenvalue weighted by molar-refractivity contribution is -0.144. The van der Waals surface area contributed by atoms with E-state index in [0.717, 1.165) is 17.2 Å². The van der Waals surface area contributed by atoms with Gasteiger partial charge >= 0.3 is 6.18 Å². The van der Waals surface area contributed by atoms with E-state index in [-0.39, 0.29) is 5.56 Å². The third-order valence-electron chi connectivity index (χ3n) is 3.05. The average Bonchev–Trinajstić information content (AvgIpc) is 2.37. The molecule has 1 aromatic heterocycles. The van der Waals surface area contributed by atoms with Gasteiger partial charge in [0.2, 0.25) is 0 Å². The topological polar surface area (TPSA) is 53.2 Å². The van der Waals surface area contributed by atoms with E-state index in [1.165, 1.54) is 6.20 Å². The number of aromatic amines is 1. The summed E-state index contributed by atoms with van der Waals surface area (Å²) in [5.74, 6) is -0.891. The molecule has 20 heavy (non-hydrogen) atoms. The highest BCUT2D eigenvalue weighted by molar-refractivity contribution is 5.94. The van der Waals surface area contributed by atoms with Gasteiger partial charge in [-0.25, -0.2) is 0 Å². The quantitative estimate of drug-likeness (QED) is 0.906. The van der Waals surface area contributed by atoms with Gasteiger partial charge in [-0.2, -0.15) is 13.2 Å². The number of nitrogens with one attached hydrogen (secondary N) is 1. The van der Waals surface area contributed by atoms with Crippen LogP contribution in [-0.4, -0.2) is 34.6 Å². The van der Waals surface area contributed by atoms with Gasteiger partial charge in [0.25, 0.3) is 5.91 Å². The highest BCUT2D eigenvalue weighted by Crippen LogP contribution is 2.21. The summed E-state index contributed by atoms with van der Waals surface area (Å²) in [5.41, 5.74) is -0.865. The van der Waals surface area contributed by atoms with Crippen LogP contribution in [0.5, 0.6) is 0 Å². The molecule has 7 heteroatoms. The predicted octanol–water partition coefficient (Wildman–Crippen LogP) is 2.57. The van der Waals surface area contributed by atoms with Crippen molar-refractivity contribution in [2.45, 2.75) is 38.9 Å². The van der Waals surface area contributed by atoms with Crippen molar-refractivity contribution in [3.8, 4) is 0 Å². The standard InChI is InChI=1S/C13H17F3N2O2/c1-3-9(4-2)18(8-13(14,15)16)12(20)10-7-17-6-5-11(10)19/h5-7,9H,3-4,8H2,1-2H3,(H,17,19). The molecule has 1 aromatic rings. The van der Waals surface area contributed by atoms with Gasteiger partial charge in [0.1, 0.15) is 12.1 Å². The molecule has 0 aliphatic carbocycles. The van der Waals surface area contributed by atoms with Crippen LogP contribution in [0.4, 0.5) is 13.2 Å². The minimum atomic E-state index is -4.50. The third-order valence-corrected chi connectivity index (χ3v) is 3.05. The van der Waals surface area contributed by atoms with Crippen molar-refractivity contribution >= 4 is 5.91 Å². The number of hydrogen-bond acceptors (Lipinski definition) is 2. The summed E-state index contributed by atoms with van der Waals surface area (Å²) in [7, 11) is 0. The summed E-state index contributed by atoms with van der Waals surface area (Å²) in [6, 6.07) is 0.565. The first-order chi connectivity index (χ1) is 9.30. The van der Waals surface area contributed by atoms with E-state index >= 15 is 0 Å². The fourth-order valence-corrected chi connectivity index (χ4v) is 2.03. The summed E-state index contributed by atoms with van der Waals surface area (Å²) >= 11 is 0. The SMILES string of the molecule is CCC(CC)N(CC(F)(F)F)C(=O)c1c[nH]ccc1=O. The number of nitrogens with zero attached hydrogens (tertiary/aromatic N) is 1. The van der Waals surface area contributed by atoms with Gasteiger partial charge in [-0.3, -0.25) is 9.59 Å². The Hall–Kier alpha value is -1.79. The van der Waals surface area contributed by atoms with Crippen molar-refractivity contribution in [1.82, 2.24) is 9.88 Å². The van der Waals surface area contributed by atoms with Gasteiger partial charge in [-0.1, -0.05) is 13.8 Å². The Bertz CT molecular complexity index is 507. The van der Waals surface area contributed by atoms with Crippen molar-refractivity contribution in [3.63, 3.8) is 0 Å². The first-order valence-corrected chi connectivity index (χ1v) is 6.35. The molecule has 0 saturated heterocycles. The Labute approximate surface area is 114 Å². The van der Waals surface area contributed by atoms with Crippen LogP contribution >= 0.6 is 0 Å². The van der Waals surface area contributed by atoms with Crippen LogP contribution in [0.2, 0.25) is 0 Å². The van der Waals surface area contributed by atoms with Crippen LogP contribution in [-0.2, 0) is 0 Å². The second-order valence-corrected chi connectivity index (χ2v) is 4.44. The number of rotatable bonds is 5. The Morgan fingerprint density at radius 3 is 2.40 bits per heavy atom. The molecular weight excluding hydrogens is 273 g/mol. The van der Waals surface area contributed by atoms with Gasteiger partial charge in [-0.05, 0) is 12.8 Å².